The quantitative estimate of drug-likeness (QED) is 0.729. The van der Waals surface area contributed by atoms with Gasteiger partial charge in [-0.15, -0.1) is 0 Å². The molecule has 0 aliphatic heterocycles. The van der Waals surface area contributed by atoms with E-state index in [-0.39, 0.29) is 17.7 Å². The summed E-state index contributed by atoms with van der Waals surface area (Å²) >= 11 is 0. The fraction of sp³-hybridized carbons (Fsp3) is 0.545. The molecule has 0 aromatic carbocycles. The van der Waals surface area contributed by atoms with Gasteiger partial charge in [0.05, 0.1) is 12.1 Å². The molecule has 1 aliphatic carbocycles. The molecule has 0 saturated heterocycles. The van der Waals surface area contributed by atoms with Crippen molar-refractivity contribution in [1.82, 2.24) is 4.57 Å². The molecule has 2 atom stereocenters. The van der Waals surface area contributed by atoms with Gasteiger partial charge in [0.15, 0.2) is 0 Å². The van der Waals surface area contributed by atoms with E-state index in [4.69, 9.17) is 0 Å². The molecule has 1 saturated carbocycles. The molecule has 0 unspecified atom stereocenters. The van der Waals surface area contributed by atoms with Crippen LogP contribution in [0.1, 0.15) is 31.0 Å². The number of nitrogens with zero attached hydrogens (tertiary/aromatic N) is 1. The van der Waals surface area contributed by atoms with Gasteiger partial charge in [-0.3, -0.25) is 4.79 Å². The number of hydrogen-bond acceptors (Lipinski definition) is 2. The zero-order valence-corrected chi connectivity index (χ0v) is 8.31. The zero-order chi connectivity index (χ0) is 10.1. The number of aromatic nitrogens is 1. The van der Waals surface area contributed by atoms with Crippen LogP contribution < -0.4 is 5.56 Å². The van der Waals surface area contributed by atoms with E-state index in [1.807, 2.05) is 13.0 Å². The molecule has 1 aromatic heterocycles. The minimum Gasteiger partial charge on any atom is -0.391 e. The molecule has 3 nitrogen and oxygen atoms in total. The maximum atomic E-state index is 11.6. The summed E-state index contributed by atoms with van der Waals surface area (Å²) in [5.74, 6) is 0. The van der Waals surface area contributed by atoms with E-state index in [0.717, 1.165) is 25.0 Å². The topological polar surface area (TPSA) is 42.2 Å². The van der Waals surface area contributed by atoms with Crippen molar-refractivity contribution >= 4 is 0 Å². The first-order valence-corrected chi connectivity index (χ1v) is 5.06. The molecule has 1 N–H and O–H groups in total. The molecule has 0 amide bonds. The van der Waals surface area contributed by atoms with Crippen LogP contribution in [0.5, 0.6) is 0 Å². The van der Waals surface area contributed by atoms with Crippen molar-refractivity contribution in [2.45, 2.75) is 38.3 Å². The average molecular weight is 193 g/mol. The molecular weight excluding hydrogens is 178 g/mol. The van der Waals surface area contributed by atoms with Gasteiger partial charge >= 0.3 is 0 Å². The summed E-state index contributed by atoms with van der Waals surface area (Å²) in [6.07, 6.45) is 2.37. The summed E-state index contributed by atoms with van der Waals surface area (Å²) < 4.78 is 1.72. The van der Waals surface area contributed by atoms with Crippen molar-refractivity contribution in [2.24, 2.45) is 0 Å². The second-order valence-corrected chi connectivity index (χ2v) is 3.94. The fourth-order valence-electron chi connectivity index (χ4n) is 2.25. The molecule has 0 radical (unpaired) electrons. The predicted molar refractivity (Wildman–Crippen MR) is 54.3 cm³/mol. The van der Waals surface area contributed by atoms with Crippen molar-refractivity contribution in [3.63, 3.8) is 0 Å². The molecule has 1 aliphatic rings. The highest BCUT2D eigenvalue weighted by Gasteiger charge is 2.27. The smallest absolute Gasteiger partial charge is 0.251 e. The van der Waals surface area contributed by atoms with E-state index in [1.165, 1.54) is 0 Å². The first kappa shape index (κ1) is 9.46. The maximum Gasteiger partial charge on any atom is 0.251 e. The van der Waals surface area contributed by atoms with Crippen LogP contribution in [0, 0.1) is 6.92 Å². The lowest BCUT2D eigenvalue weighted by atomic mass is 10.2. The van der Waals surface area contributed by atoms with Gasteiger partial charge in [0.25, 0.3) is 5.56 Å². The Morgan fingerprint density at radius 3 is 2.79 bits per heavy atom. The van der Waals surface area contributed by atoms with Crippen molar-refractivity contribution in [2.75, 3.05) is 0 Å². The predicted octanol–water partition coefficient (Wildman–Crippen LogP) is 1.24. The van der Waals surface area contributed by atoms with E-state index in [0.29, 0.717) is 0 Å². The minimum absolute atomic E-state index is 0.00375. The third-order valence-electron chi connectivity index (χ3n) is 2.97. The van der Waals surface area contributed by atoms with Gasteiger partial charge in [-0.1, -0.05) is 6.07 Å². The zero-order valence-electron chi connectivity index (χ0n) is 8.31. The fourth-order valence-corrected chi connectivity index (χ4v) is 2.25. The maximum absolute atomic E-state index is 11.6. The Morgan fingerprint density at radius 1 is 1.43 bits per heavy atom. The molecule has 3 heteroatoms. The van der Waals surface area contributed by atoms with Crippen LogP contribution in [0.2, 0.25) is 0 Å². The lowest BCUT2D eigenvalue weighted by Crippen LogP contribution is -2.30. The van der Waals surface area contributed by atoms with E-state index in [9.17, 15) is 9.90 Å². The highest BCUT2D eigenvalue weighted by Crippen LogP contribution is 2.29. The van der Waals surface area contributed by atoms with Crippen molar-refractivity contribution in [3.05, 3.63) is 34.2 Å². The Bertz CT molecular complexity index is 383. The Kier molecular flexibility index (Phi) is 2.42. The first-order valence-electron chi connectivity index (χ1n) is 5.06. The standard InChI is InChI=1S/C11H15NO2/c1-8-4-2-7-11(14)12(8)9-5-3-6-10(9)13/h2,4,7,9-10,13H,3,5-6H2,1H3/t9-,10-/m0/s1. The van der Waals surface area contributed by atoms with Gasteiger partial charge in [-0.05, 0) is 32.3 Å². The monoisotopic (exact) mass is 193 g/mol. The third kappa shape index (κ3) is 1.48. The molecule has 1 aromatic rings. The molecule has 1 heterocycles. The summed E-state index contributed by atoms with van der Waals surface area (Å²) in [6.45, 7) is 1.91. The van der Waals surface area contributed by atoms with Gasteiger partial charge in [0.1, 0.15) is 0 Å². The third-order valence-corrected chi connectivity index (χ3v) is 2.97. The second kappa shape index (κ2) is 3.58. The van der Waals surface area contributed by atoms with Crippen molar-refractivity contribution in [1.29, 1.82) is 0 Å². The number of aliphatic hydroxyl groups is 1. The normalized spacial score (nSPS) is 26.7. The number of hydrogen-bond donors (Lipinski definition) is 1. The van der Waals surface area contributed by atoms with Crippen LogP contribution in [0.4, 0.5) is 0 Å². The van der Waals surface area contributed by atoms with Gasteiger partial charge in [0, 0.05) is 11.8 Å². The van der Waals surface area contributed by atoms with Gasteiger partial charge in [-0.25, -0.2) is 0 Å². The molecule has 1 fully saturated rings. The van der Waals surface area contributed by atoms with E-state index < -0.39 is 0 Å². The minimum atomic E-state index is -0.353. The molecule has 76 valence electrons. The van der Waals surface area contributed by atoms with E-state index in [1.54, 1.807) is 16.7 Å². The first-order chi connectivity index (χ1) is 6.70. The van der Waals surface area contributed by atoms with Crippen molar-refractivity contribution < 1.29 is 5.11 Å². The molecule has 2 rings (SSSR count). The summed E-state index contributed by atoms with van der Waals surface area (Å²) in [4.78, 5) is 11.6. The molecule has 0 spiro atoms. The van der Waals surface area contributed by atoms with Crippen LogP contribution in [0.25, 0.3) is 0 Å². The molecular formula is C11H15NO2. The van der Waals surface area contributed by atoms with Crippen molar-refractivity contribution in [3.8, 4) is 0 Å². The lowest BCUT2D eigenvalue weighted by Gasteiger charge is -2.19. The van der Waals surface area contributed by atoms with E-state index >= 15 is 0 Å². The summed E-state index contributed by atoms with van der Waals surface area (Å²) in [5, 5.41) is 9.73. The van der Waals surface area contributed by atoms with E-state index in [2.05, 4.69) is 0 Å². The molecule has 14 heavy (non-hydrogen) atoms. The highest BCUT2D eigenvalue weighted by atomic mass is 16.3. The molecule has 0 bridgehead atoms. The van der Waals surface area contributed by atoms with Crippen LogP contribution in [-0.4, -0.2) is 15.8 Å². The summed E-state index contributed by atoms with van der Waals surface area (Å²) in [5.41, 5.74) is 0.930. The van der Waals surface area contributed by atoms with Crippen LogP contribution in [-0.2, 0) is 0 Å². The Morgan fingerprint density at radius 2 is 2.21 bits per heavy atom. The number of rotatable bonds is 1. The average Bonchev–Trinajstić information content (AvgIpc) is 2.52. The Hall–Kier alpha value is -1.09. The second-order valence-electron chi connectivity index (χ2n) is 3.94. The Labute approximate surface area is 83.0 Å². The Balaban J connectivity index is 2.45. The summed E-state index contributed by atoms with van der Waals surface area (Å²) in [7, 11) is 0. The highest BCUT2D eigenvalue weighted by molar-refractivity contribution is 5.07. The lowest BCUT2D eigenvalue weighted by molar-refractivity contribution is 0.133. The summed E-state index contributed by atoms with van der Waals surface area (Å²) in [6, 6.07) is 5.21. The van der Waals surface area contributed by atoms with Crippen LogP contribution >= 0.6 is 0 Å². The van der Waals surface area contributed by atoms with Gasteiger partial charge < -0.3 is 9.67 Å². The van der Waals surface area contributed by atoms with Crippen LogP contribution in [0.15, 0.2) is 23.0 Å². The van der Waals surface area contributed by atoms with Gasteiger partial charge in [-0.2, -0.15) is 0 Å². The van der Waals surface area contributed by atoms with Gasteiger partial charge in [0.2, 0.25) is 0 Å². The SMILES string of the molecule is Cc1cccc(=O)n1[C@H]1CCC[C@@H]1O. The number of aliphatic hydroxyl groups excluding tert-OH is 1. The number of pyridine rings is 1. The largest absolute Gasteiger partial charge is 0.391 e. The number of aryl methyl sites for hydroxylation is 1. The van der Waals surface area contributed by atoms with Crippen LogP contribution in [0.3, 0.4) is 0 Å².